The minimum Gasteiger partial charge on any atom is -0.496 e. The van der Waals surface area contributed by atoms with Crippen molar-refractivity contribution in [3.05, 3.63) is 35.8 Å². The lowest BCUT2D eigenvalue weighted by Gasteiger charge is -2.08. The Balaban J connectivity index is 2.38. The van der Waals surface area contributed by atoms with Crippen LogP contribution in [0.5, 0.6) is 5.75 Å². The van der Waals surface area contributed by atoms with Crippen molar-refractivity contribution in [2.75, 3.05) is 7.11 Å². The average Bonchev–Trinajstić information content (AvgIpc) is 2.86. The topological polar surface area (TPSA) is 58.1 Å². The van der Waals surface area contributed by atoms with Gasteiger partial charge in [0.15, 0.2) is 0 Å². The maximum absolute atomic E-state index is 8.97. The van der Waals surface area contributed by atoms with E-state index in [0.717, 1.165) is 29.0 Å². The zero-order valence-corrected chi connectivity index (χ0v) is 10.0. The molecule has 2 N–H and O–H groups in total. The number of hydrogen-bond donors (Lipinski definition) is 2. The Morgan fingerprint density at radius 2 is 2.24 bits per heavy atom. The first kappa shape index (κ1) is 11.7. The van der Waals surface area contributed by atoms with Crippen LogP contribution in [0.4, 0.5) is 0 Å². The number of aliphatic hydroxyl groups excluding tert-OH is 1. The summed E-state index contributed by atoms with van der Waals surface area (Å²) >= 11 is 0. The Hall–Kier alpha value is -1.81. The lowest BCUT2D eigenvalue weighted by atomic mass is 10.1. The van der Waals surface area contributed by atoms with E-state index in [1.165, 1.54) is 0 Å². The van der Waals surface area contributed by atoms with Crippen molar-refractivity contribution in [1.29, 1.82) is 0 Å². The second-order valence-electron chi connectivity index (χ2n) is 3.78. The van der Waals surface area contributed by atoms with Gasteiger partial charge in [-0.3, -0.25) is 0 Å². The number of rotatable bonds is 4. The molecule has 0 unspecified atom stereocenters. The molecule has 4 nitrogen and oxygen atoms in total. The van der Waals surface area contributed by atoms with E-state index in [1.54, 1.807) is 13.3 Å². The highest BCUT2D eigenvalue weighted by atomic mass is 16.5. The highest BCUT2D eigenvalue weighted by Gasteiger charge is 2.06. The second kappa shape index (κ2) is 5.01. The number of ether oxygens (including phenoxy) is 1. The molecule has 2 aromatic rings. The highest BCUT2D eigenvalue weighted by Crippen LogP contribution is 2.25. The van der Waals surface area contributed by atoms with E-state index in [1.807, 2.05) is 12.1 Å². The van der Waals surface area contributed by atoms with Crippen LogP contribution in [0.15, 0.2) is 24.4 Å². The van der Waals surface area contributed by atoms with Gasteiger partial charge in [0.05, 0.1) is 19.0 Å². The van der Waals surface area contributed by atoms with E-state index >= 15 is 0 Å². The van der Waals surface area contributed by atoms with E-state index < -0.39 is 0 Å². The SMILES string of the molecule is CCc1cc(-c2cnc(CO)[nH]2)ccc1OC. The molecular weight excluding hydrogens is 216 g/mol. The van der Waals surface area contributed by atoms with Gasteiger partial charge in [-0.05, 0) is 30.2 Å². The van der Waals surface area contributed by atoms with Crippen LogP contribution in [0.1, 0.15) is 18.3 Å². The van der Waals surface area contributed by atoms with E-state index in [9.17, 15) is 0 Å². The second-order valence-corrected chi connectivity index (χ2v) is 3.78. The monoisotopic (exact) mass is 232 g/mol. The van der Waals surface area contributed by atoms with E-state index in [-0.39, 0.29) is 6.61 Å². The van der Waals surface area contributed by atoms with Crippen molar-refractivity contribution in [3.63, 3.8) is 0 Å². The highest BCUT2D eigenvalue weighted by molar-refractivity contribution is 5.61. The lowest BCUT2D eigenvalue weighted by Crippen LogP contribution is -1.91. The Morgan fingerprint density at radius 3 is 2.82 bits per heavy atom. The Labute approximate surface area is 100 Å². The molecule has 0 aliphatic carbocycles. The van der Waals surface area contributed by atoms with Gasteiger partial charge in [-0.15, -0.1) is 0 Å². The normalized spacial score (nSPS) is 10.5. The van der Waals surface area contributed by atoms with Crippen molar-refractivity contribution in [2.24, 2.45) is 0 Å². The molecule has 0 fully saturated rings. The number of imidazole rings is 1. The number of nitrogens with one attached hydrogen (secondary N) is 1. The number of nitrogens with zero attached hydrogens (tertiary/aromatic N) is 1. The van der Waals surface area contributed by atoms with Gasteiger partial charge >= 0.3 is 0 Å². The van der Waals surface area contributed by atoms with Crippen LogP contribution in [0.25, 0.3) is 11.3 Å². The van der Waals surface area contributed by atoms with E-state index in [4.69, 9.17) is 9.84 Å². The average molecular weight is 232 g/mol. The third kappa shape index (κ3) is 2.31. The predicted molar refractivity (Wildman–Crippen MR) is 65.9 cm³/mol. The summed E-state index contributed by atoms with van der Waals surface area (Å²) in [7, 11) is 1.67. The van der Waals surface area contributed by atoms with Crippen LogP contribution in [0.2, 0.25) is 0 Å². The van der Waals surface area contributed by atoms with Gasteiger partial charge in [0.1, 0.15) is 18.2 Å². The van der Waals surface area contributed by atoms with Gasteiger partial charge < -0.3 is 14.8 Å². The van der Waals surface area contributed by atoms with Crippen molar-refractivity contribution >= 4 is 0 Å². The molecule has 0 amide bonds. The van der Waals surface area contributed by atoms with Gasteiger partial charge in [0.2, 0.25) is 0 Å². The van der Waals surface area contributed by atoms with Gasteiger partial charge in [-0.2, -0.15) is 0 Å². The van der Waals surface area contributed by atoms with Gasteiger partial charge in [0, 0.05) is 5.56 Å². The Bertz CT molecular complexity index is 506. The van der Waals surface area contributed by atoms with Crippen molar-refractivity contribution < 1.29 is 9.84 Å². The summed E-state index contributed by atoms with van der Waals surface area (Å²) in [6.07, 6.45) is 2.64. The molecule has 0 aliphatic rings. The molecular formula is C13H16N2O2. The van der Waals surface area contributed by atoms with Crippen LogP contribution < -0.4 is 4.74 Å². The molecule has 0 radical (unpaired) electrons. The fourth-order valence-corrected chi connectivity index (χ4v) is 1.81. The number of hydrogen-bond acceptors (Lipinski definition) is 3. The van der Waals surface area contributed by atoms with E-state index in [2.05, 4.69) is 23.0 Å². The molecule has 4 heteroatoms. The summed E-state index contributed by atoms with van der Waals surface area (Å²) in [5.41, 5.74) is 3.12. The molecule has 1 aromatic carbocycles. The Kier molecular flexibility index (Phi) is 3.44. The molecule has 1 heterocycles. The molecule has 0 saturated carbocycles. The zero-order valence-electron chi connectivity index (χ0n) is 10.0. The third-order valence-electron chi connectivity index (χ3n) is 2.75. The zero-order chi connectivity index (χ0) is 12.3. The van der Waals surface area contributed by atoms with Crippen LogP contribution in [-0.2, 0) is 13.0 Å². The van der Waals surface area contributed by atoms with Crippen LogP contribution in [-0.4, -0.2) is 22.2 Å². The van der Waals surface area contributed by atoms with Gasteiger partial charge in [-0.1, -0.05) is 6.92 Å². The maximum Gasteiger partial charge on any atom is 0.132 e. The molecule has 2 rings (SSSR count). The fraction of sp³-hybridized carbons (Fsp3) is 0.308. The molecule has 0 bridgehead atoms. The fourth-order valence-electron chi connectivity index (χ4n) is 1.81. The molecule has 1 aromatic heterocycles. The molecule has 90 valence electrons. The minimum absolute atomic E-state index is 0.0726. The first-order chi connectivity index (χ1) is 8.28. The van der Waals surface area contributed by atoms with Crippen LogP contribution >= 0.6 is 0 Å². The lowest BCUT2D eigenvalue weighted by molar-refractivity contribution is 0.272. The number of H-pyrrole nitrogens is 1. The smallest absolute Gasteiger partial charge is 0.132 e. The van der Waals surface area contributed by atoms with Gasteiger partial charge in [0.25, 0.3) is 0 Å². The summed E-state index contributed by atoms with van der Waals surface area (Å²) in [5.74, 6) is 1.48. The summed E-state index contributed by atoms with van der Waals surface area (Å²) in [6, 6.07) is 6.01. The minimum atomic E-state index is -0.0726. The quantitative estimate of drug-likeness (QED) is 0.849. The molecule has 17 heavy (non-hydrogen) atoms. The van der Waals surface area contributed by atoms with Crippen molar-refractivity contribution in [3.8, 4) is 17.0 Å². The molecule has 0 saturated heterocycles. The predicted octanol–water partition coefficient (Wildman–Crippen LogP) is 2.14. The van der Waals surface area contributed by atoms with Crippen molar-refractivity contribution in [1.82, 2.24) is 9.97 Å². The summed E-state index contributed by atoms with van der Waals surface area (Å²) < 4.78 is 5.29. The molecule has 0 atom stereocenters. The van der Waals surface area contributed by atoms with Crippen LogP contribution in [0.3, 0.4) is 0 Å². The number of aromatic nitrogens is 2. The number of aliphatic hydroxyl groups is 1. The van der Waals surface area contributed by atoms with E-state index in [0.29, 0.717) is 5.82 Å². The van der Waals surface area contributed by atoms with Crippen molar-refractivity contribution in [2.45, 2.75) is 20.0 Å². The number of methoxy groups -OCH3 is 1. The number of aromatic amines is 1. The molecule has 0 spiro atoms. The maximum atomic E-state index is 8.97. The summed E-state index contributed by atoms with van der Waals surface area (Å²) in [6.45, 7) is 2.02. The standard InChI is InChI=1S/C13H16N2O2/c1-3-9-6-10(4-5-12(9)17-2)11-7-14-13(8-16)15-11/h4-7,16H,3,8H2,1-2H3,(H,14,15). The first-order valence-electron chi connectivity index (χ1n) is 5.60. The number of aryl methyl sites for hydroxylation is 1. The summed E-state index contributed by atoms with van der Waals surface area (Å²) in [4.78, 5) is 7.14. The largest absolute Gasteiger partial charge is 0.496 e. The Morgan fingerprint density at radius 1 is 1.41 bits per heavy atom. The van der Waals surface area contributed by atoms with Crippen LogP contribution in [0, 0.1) is 0 Å². The number of benzene rings is 1. The third-order valence-corrected chi connectivity index (χ3v) is 2.75. The summed E-state index contributed by atoms with van der Waals surface area (Å²) in [5, 5.41) is 8.97. The van der Waals surface area contributed by atoms with Gasteiger partial charge in [-0.25, -0.2) is 4.98 Å². The molecule has 0 aliphatic heterocycles. The first-order valence-corrected chi connectivity index (χ1v) is 5.60.